The van der Waals surface area contributed by atoms with Crippen LogP contribution >= 0.6 is 23.2 Å². The van der Waals surface area contributed by atoms with Gasteiger partial charge in [0.15, 0.2) is 6.61 Å². The van der Waals surface area contributed by atoms with E-state index in [0.717, 1.165) is 27.4 Å². The van der Waals surface area contributed by atoms with Crippen LogP contribution in [0, 0.1) is 0 Å². The summed E-state index contributed by atoms with van der Waals surface area (Å²) in [5.74, 6) is 0. The van der Waals surface area contributed by atoms with Crippen molar-refractivity contribution in [3.8, 4) is 0 Å². The Hall–Kier alpha value is -2.36. The van der Waals surface area contributed by atoms with E-state index >= 15 is 0 Å². The monoisotopic (exact) mass is 355 g/mol. The van der Waals surface area contributed by atoms with Crippen molar-refractivity contribution in [2.45, 2.75) is 6.61 Å². The molecule has 0 aliphatic rings. The lowest BCUT2D eigenvalue weighted by atomic mass is 10.1. The van der Waals surface area contributed by atoms with E-state index in [-0.39, 0.29) is 0 Å². The second-order valence-corrected chi connectivity index (χ2v) is 6.33. The lowest BCUT2D eigenvalue weighted by Crippen LogP contribution is -2.46. The minimum Gasteiger partial charge on any atom is -0.240 e. The van der Waals surface area contributed by atoms with Crippen LogP contribution in [0.4, 0.5) is 0 Å². The van der Waals surface area contributed by atoms with Gasteiger partial charge < -0.3 is 0 Å². The van der Waals surface area contributed by atoms with Gasteiger partial charge in [-0.25, -0.2) is 4.84 Å². The fourth-order valence-corrected chi connectivity index (χ4v) is 3.01. The maximum absolute atomic E-state index is 6.18. The lowest BCUT2D eigenvalue weighted by molar-refractivity contribution is -0.918. The van der Waals surface area contributed by atoms with Gasteiger partial charge >= 0.3 is 0 Å². The van der Waals surface area contributed by atoms with Crippen LogP contribution in [0.3, 0.4) is 0 Å². The Bertz CT molecular complexity index is 1040. The fraction of sp³-hybridized carbons (Fsp3) is 0.0526. The third kappa shape index (κ3) is 2.88. The normalized spacial score (nSPS) is 11.1. The van der Waals surface area contributed by atoms with Gasteiger partial charge in [-0.3, -0.25) is 0 Å². The van der Waals surface area contributed by atoms with Crippen molar-refractivity contribution < 1.29 is 9.68 Å². The van der Waals surface area contributed by atoms with Crippen molar-refractivity contribution in [3.05, 3.63) is 82.3 Å². The van der Waals surface area contributed by atoms with Crippen molar-refractivity contribution in [1.29, 1.82) is 0 Å². The van der Waals surface area contributed by atoms with Gasteiger partial charge in [-0.2, -0.15) is 0 Å². The number of benzene rings is 3. The summed E-state index contributed by atoms with van der Waals surface area (Å²) in [6, 6.07) is 21.2. The molecule has 0 aliphatic carbocycles. The van der Waals surface area contributed by atoms with E-state index in [1.54, 1.807) is 4.85 Å². The average Bonchev–Trinajstić information content (AvgIpc) is 2.61. The van der Waals surface area contributed by atoms with Crippen LogP contribution in [-0.4, -0.2) is 5.10 Å². The molecule has 0 amide bonds. The maximum atomic E-state index is 6.18. The number of hydrogen-bond acceptors (Lipinski definition) is 2. The third-order valence-electron chi connectivity index (χ3n) is 3.81. The molecule has 118 valence electrons. The van der Waals surface area contributed by atoms with E-state index in [4.69, 9.17) is 28.0 Å². The molecule has 24 heavy (non-hydrogen) atoms. The molecule has 3 aromatic carbocycles. The molecular formula is C19H13Cl2N2O+. The predicted octanol–water partition coefficient (Wildman–Crippen LogP) is 4.61. The fourth-order valence-electron chi connectivity index (χ4n) is 2.66. The first-order valence-electron chi connectivity index (χ1n) is 7.49. The van der Waals surface area contributed by atoms with Gasteiger partial charge in [-0.15, -0.1) is 0 Å². The molecule has 4 rings (SSSR count). The minimum absolute atomic E-state index is 0.426. The van der Waals surface area contributed by atoms with Crippen LogP contribution < -0.4 is 9.68 Å². The van der Waals surface area contributed by atoms with Gasteiger partial charge in [0.1, 0.15) is 10.4 Å². The number of nitrogens with zero attached hydrogens (tertiary/aromatic N) is 2. The maximum Gasteiger partial charge on any atom is 0.297 e. The first-order valence-corrected chi connectivity index (χ1v) is 8.24. The molecule has 4 aromatic rings. The summed E-state index contributed by atoms with van der Waals surface area (Å²) in [6.45, 7) is 0.426. The van der Waals surface area contributed by atoms with Gasteiger partial charge in [0.25, 0.3) is 5.52 Å². The Balaban J connectivity index is 1.86. The predicted molar refractivity (Wildman–Crippen MR) is 96.2 cm³/mol. The summed E-state index contributed by atoms with van der Waals surface area (Å²) in [5, 5.41) is 7.79. The standard InChI is InChI=1S/C19H13Cl2N2O/c20-14-6-8-18-16(10-14)17-11-15(21)7-9-19(17)23(22-18)24-12-13-4-2-1-3-5-13/h1-11H,12H2/q+1. The van der Waals surface area contributed by atoms with Gasteiger partial charge in [0.05, 0.1) is 10.5 Å². The molecule has 0 N–H and O–H groups in total. The highest BCUT2D eigenvalue weighted by molar-refractivity contribution is 6.32. The van der Waals surface area contributed by atoms with E-state index < -0.39 is 0 Å². The third-order valence-corrected chi connectivity index (χ3v) is 4.28. The Morgan fingerprint density at radius 3 is 2.33 bits per heavy atom. The van der Waals surface area contributed by atoms with Gasteiger partial charge in [-0.05, 0) is 35.9 Å². The number of aromatic nitrogens is 2. The number of hydrogen-bond donors (Lipinski definition) is 0. The van der Waals surface area contributed by atoms with Crippen LogP contribution in [0.15, 0.2) is 66.7 Å². The summed E-state index contributed by atoms with van der Waals surface area (Å²) in [5.41, 5.74) is 2.71. The number of rotatable bonds is 3. The quantitative estimate of drug-likeness (QED) is 0.396. The molecule has 0 spiro atoms. The van der Waals surface area contributed by atoms with Crippen LogP contribution in [-0.2, 0) is 6.61 Å². The largest absolute Gasteiger partial charge is 0.297 e. The molecule has 0 saturated carbocycles. The summed E-state index contributed by atoms with van der Waals surface area (Å²) >= 11 is 12.3. The Kier molecular flexibility index (Phi) is 3.97. The zero-order chi connectivity index (χ0) is 16.5. The molecule has 1 heterocycles. The molecule has 0 bridgehead atoms. The van der Waals surface area contributed by atoms with E-state index in [0.29, 0.717) is 16.7 Å². The van der Waals surface area contributed by atoms with E-state index in [1.807, 2.05) is 66.7 Å². The average molecular weight is 356 g/mol. The number of fused-ring (bicyclic) bond motifs is 3. The summed E-state index contributed by atoms with van der Waals surface area (Å²) < 4.78 is 0. The SMILES string of the molecule is Clc1ccc2n[n+](OCc3ccccc3)c3ccc(Cl)cc3c2c1. The van der Waals surface area contributed by atoms with E-state index in [1.165, 1.54) is 0 Å². The van der Waals surface area contributed by atoms with Crippen molar-refractivity contribution in [2.75, 3.05) is 0 Å². The summed E-state index contributed by atoms with van der Waals surface area (Å²) in [6.07, 6.45) is 0. The first kappa shape index (κ1) is 15.2. The summed E-state index contributed by atoms with van der Waals surface area (Å²) in [7, 11) is 0. The molecule has 0 radical (unpaired) electrons. The second-order valence-electron chi connectivity index (χ2n) is 5.45. The highest BCUT2D eigenvalue weighted by atomic mass is 35.5. The molecule has 0 aliphatic heterocycles. The highest BCUT2D eigenvalue weighted by Crippen LogP contribution is 2.26. The Morgan fingerprint density at radius 2 is 1.54 bits per heavy atom. The van der Waals surface area contributed by atoms with Gasteiger partial charge in [0.2, 0.25) is 0 Å². The van der Waals surface area contributed by atoms with Crippen LogP contribution in [0.2, 0.25) is 10.0 Å². The second kappa shape index (κ2) is 6.27. The molecule has 3 nitrogen and oxygen atoms in total. The highest BCUT2D eigenvalue weighted by Gasteiger charge is 2.18. The van der Waals surface area contributed by atoms with Crippen LogP contribution in [0.25, 0.3) is 21.8 Å². The Morgan fingerprint density at radius 1 is 0.833 bits per heavy atom. The first-order chi connectivity index (χ1) is 11.7. The lowest BCUT2D eigenvalue weighted by Gasteiger charge is -2.04. The number of halogens is 2. The topological polar surface area (TPSA) is 26.0 Å². The van der Waals surface area contributed by atoms with Crippen molar-refractivity contribution in [3.63, 3.8) is 0 Å². The molecule has 5 heteroatoms. The smallest absolute Gasteiger partial charge is 0.240 e. The Labute approximate surface area is 149 Å². The van der Waals surface area contributed by atoms with Gasteiger partial charge in [0, 0.05) is 21.5 Å². The van der Waals surface area contributed by atoms with Crippen LogP contribution in [0.5, 0.6) is 0 Å². The molecule has 0 saturated heterocycles. The zero-order valence-electron chi connectivity index (χ0n) is 12.6. The molecule has 0 atom stereocenters. The molecule has 1 aromatic heterocycles. The van der Waals surface area contributed by atoms with E-state index in [2.05, 4.69) is 5.10 Å². The summed E-state index contributed by atoms with van der Waals surface area (Å²) in [4.78, 5) is 7.46. The zero-order valence-corrected chi connectivity index (χ0v) is 14.1. The van der Waals surface area contributed by atoms with Gasteiger partial charge in [-0.1, -0.05) is 53.5 Å². The molecule has 0 fully saturated rings. The van der Waals surface area contributed by atoms with Crippen molar-refractivity contribution >= 4 is 45.0 Å². The minimum atomic E-state index is 0.426. The van der Waals surface area contributed by atoms with Crippen molar-refractivity contribution in [1.82, 2.24) is 5.10 Å². The molecule has 0 unspecified atom stereocenters. The van der Waals surface area contributed by atoms with Crippen molar-refractivity contribution in [2.24, 2.45) is 0 Å². The van der Waals surface area contributed by atoms with E-state index in [9.17, 15) is 0 Å². The van der Waals surface area contributed by atoms with Crippen LogP contribution in [0.1, 0.15) is 5.56 Å². The molecular weight excluding hydrogens is 343 g/mol.